The third kappa shape index (κ3) is 3.78. The molecule has 0 spiro atoms. The first-order chi connectivity index (χ1) is 8.25. The van der Waals surface area contributed by atoms with Gasteiger partial charge in [0.05, 0.1) is 6.54 Å². The Kier molecular flexibility index (Phi) is 4.50. The average molecular weight is 239 g/mol. The summed E-state index contributed by atoms with van der Waals surface area (Å²) in [5.74, 6) is 0.465. The van der Waals surface area contributed by atoms with Crippen molar-refractivity contribution in [1.29, 1.82) is 0 Å². The molecule has 0 aromatic heterocycles. The van der Waals surface area contributed by atoms with Crippen molar-refractivity contribution in [3.05, 3.63) is 0 Å². The molecule has 2 aliphatic heterocycles. The van der Waals surface area contributed by atoms with E-state index in [-0.39, 0.29) is 11.7 Å². The molecule has 0 saturated carbocycles. The summed E-state index contributed by atoms with van der Waals surface area (Å²) in [6, 6.07) is 0. The smallest absolute Gasteiger partial charge is 0.236 e. The van der Waals surface area contributed by atoms with Crippen LogP contribution in [-0.2, 0) is 9.59 Å². The summed E-state index contributed by atoms with van der Waals surface area (Å²) < 4.78 is 0. The zero-order chi connectivity index (χ0) is 12.1. The number of hydrogen-bond donors (Lipinski definition) is 1. The minimum absolute atomic E-state index is 0.180. The van der Waals surface area contributed by atoms with E-state index < -0.39 is 0 Å². The third-order valence-electron chi connectivity index (χ3n) is 3.47. The maximum Gasteiger partial charge on any atom is 0.236 e. The van der Waals surface area contributed by atoms with Crippen LogP contribution in [0, 0.1) is 0 Å². The molecule has 1 N–H and O–H groups in total. The van der Waals surface area contributed by atoms with Crippen LogP contribution < -0.4 is 5.32 Å². The Morgan fingerprint density at radius 3 is 2.65 bits per heavy atom. The fourth-order valence-corrected chi connectivity index (χ4v) is 2.36. The van der Waals surface area contributed by atoms with Crippen molar-refractivity contribution < 1.29 is 9.59 Å². The molecule has 2 fully saturated rings. The van der Waals surface area contributed by atoms with Crippen molar-refractivity contribution in [3.8, 4) is 0 Å². The Bertz CT molecular complexity index is 275. The highest BCUT2D eigenvalue weighted by Crippen LogP contribution is 2.07. The number of piperidine rings is 1. The molecule has 0 aromatic rings. The molecule has 0 aromatic carbocycles. The molecule has 2 rings (SSSR count). The number of ketones is 1. The van der Waals surface area contributed by atoms with E-state index >= 15 is 0 Å². The Morgan fingerprint density at radius 1 is 1.12 bits per heavy atom. The number of Topliss-reactive ketones (excluding diaryl/α,β-unsaturated/α-hetero) is 1. The summed E-state index contributed by atoms with van der Waals surface area (Å²) in [4.78, 5) is 27.2. The van der Waals surface area contributed by atoms with Crippen LogP contribution >= 0.6 is 0 Å². The molecule has 2 aliphatic rings. The highest BCUT2D eigenvalue weighted by molar-refractivity contribution is 5.84. The standard InChI is InChI=1S/C12H21N3O2/c16-11-2-7-15(8-3-11)12(17)10-14-6-1-4-13-5-9-14/h13H,1-10H2. The zero-order valence-corrected chi connectivity index (χ0v) is 10.3. The highest BCUT2D eigenvalue weighted by Gasteiger charge is 2.22. The van der Waals surface area contributed by atoms with Crippen LogP contribution in [0.5, 0.6) is 0 Å². The van der Waals surface area contributed by atoms with E-state index in [9.17, 15) is 9.59 Å². The molecule has 0 bridgehead atoms. The Labute approximate surface area is 102 Å². The summed E-state index contributed by atoms with van der Waals surface area (Å²) >= 11 is 0. The van der Waals surface area contributed by atoms with Gasteiger partial charge in [0.25, 0.3) is 0 Å². The maximum atomic E-state index is 12.0. The third-order valence-corrected chi connectivity index (χ3v) is 3.47. The first-order valence-corrected chi connectivity index (χ1v) is 6.48. The largest absolute Gasteiger partial charge is 0.341 e. The predicted molar refractivity (Wildman–Crippen MR) is 64.7 cm³/mol. The van der Waals surface area contributed by atoms with Gasteiger partial charge in [0.1, 0.15) is 5.78 Å². The van der Waals surface area contributed by atoms with E-state index in [0.29, 0.717) is 32.5 Å². The van der Waals surface area contributed by atoms with E-state index in [4.69, 9.17) is 0 Å². The molecule has 5 nitrogen and oxygen atoms in total. The van der Waals surface area contributed by atoms with Gasteiger partial charge in [0.2, 0.25) is 5.91 Å². The van der Waals surface area contributed by atoms with Crippen LogP contribution in [0.4, 0.5) is 0 Å². The number of carbonyl (C=O) groups is 2. The van der Waals surface area contributed by atoms with E-state index in [0.717, 1.165) is 32.6 Å². The number of nitrogens with zero attached hydrogens (tertiary/aromatic N) is 2. The fraction of sp³-hybridized carbons (Fsp3) is 0.833. The zero-order valence-electron chi connectivity index (χ0n) is 10.3. The number of amides is 1. The number of hydrogen-bond acceptors (Lipinski definition) is 4. The lowest BCUT2D eigenvalue weighted by Gasteiger charge is -2.28. The molecule has 1 amide bonds. The molecule has 0 unspecified atom stereocenters. The Balaban J connectivity index is 1.77. The SMILES string of the molecule is O=C1CCN(C(=O)CN2CCCNCC2)CC1. The minimum atomic E-state index is 0.180. The van der Waals surface area contributed by atoms with Gasteiger partial charge in [0.15, 0.2) is 0 Å². The molecule has 5 heteroatoms. The van der Waals surface area contributed by atoms with Gasteiger partial charge in [-0.15, -0.1) is 0 Å². The first-order valence-electron chi connectivity index (χ1n) is 6.48. The van der Waals surface area contributed by atoms with Gasteiger partial charge >= 0.3 is 0 Å². The number of likely N-dealkylation sites (tertiary alicyclic amines) is 1. The quantitative estimate of drug-likeness (QED) is 0.704. The van der Waals surface area contributed by atoms with Crippen LogP contribution in [0.25, 0.3) is 0 Å². The predicted octanol–water partition coefficient (Wildman–Crippen LogP) is -0.527. The monoisotopic (exact) mass is 239 g/mol. The van der Waals surface area contributed by atoms with Crippen molar-refractivity contribution in [2.24, 2.45) is 0 Å². The van der Waals surface area contributed by atoms with Crippen molar-refractivity contribution in [2.45, 2.75) is 19.3 Å². The summed E-state index contributed by atoms with van der Waals surface area (Å²) in [7, 11) is 0. The van der Waals surface area contributed by atoms with E-state index in [1.165, 1.54) is 0 Å². The number of rotatable bonds is 2. The Hall–Kier alpha value is -0.940. The van der Waals surface area contributed by atoms with Crippen molar-refractivity contribution >= 4 is 11.7 Å². The van der Waals surface area contributed by atoms with Gasteiger partial charge in [-0.2, -0.15) is 0 Å². The van der Waals surface area contributed by atoms with Crippen LogP contribution in [0.2, 0.25) is 0 Å². The highest BCUT2D eigenvalue weighted by atomic mass is 16.2. The molecule has 96 valence electrons. The van der Waals surface area contributed by atoms with Gasteiger partial charge < -0.3 is 10.2 Å². The van der Waals surface area contributed by atoms with Gasteiger partial charge in [-0.05, 0) is 19.5 Å². The second kappa shape index (κ2) is 6.12. The summed E-state index contributed by atoms with van der Waals surface area (Å²) in [6.45, 7) is 5.68. The molecular weight excluding hydrogens is 218 g/mol. The molecule has 2 saturated heterocycles. The minimum Gasteiger partial charge on any atom is -0.341 e. The second-order valence-electron chi connectivity index (χ2n) is 4.80. The van der Waals surface area contributed by atoms with Gasteiger partial charge in [-0.1, -0.05) is 0 Å². The summed E-state index contributed by atoms with van der Waals surface area (Å²) in [5, 5.41) is 3.32. The molecule has 0 atom stereocenters. The lowest BCUT2D eigenvalue weighted by molar-refractivity contribution is -0.135. The maximum absolute atomic E-state index is 12.0. The van der Waals surface area contributed by atoms with E-state index in [2.05, 4.69) is 10.2 Å². The normalized spacial score (nSPS) is 23.5. The summed E-state index contributed by atoms with van der Waals surface area (Å²) in [6.07, 6.45) is 2.17. The van der Waals surface area contributed by atoms with Crippen LogP contribution in [0.1, 0.15) is 19.3 Å². The van der Waals surface area contributed by atoms with Crippen LogP contribution in [-0.4, -0.2) is 67.3 Å². The number of nitrogens with one attached hydrogen (secondary N) is 1. The average Bonchev–Trinajstić information content (AvgIpc) is 2.58. The number of carbonyl (C=O) groups excluding carboxylic acids is 2. The van der Waals surface area contributed by atoms with Crippen LogP contribution in [0.3, 0.4) is 0 Å². The van der Waals surface area contributed by atoms with Crippen molar-refractivity contribution in [3.63, 3.8) is 0 Å². The molecular formula is C12H21N3O2. The fourth-order valence-electron chi connectivity index (χ4n) is 2.36. The van der Waals surface area contributed by atoms with Gasteiger partial charge in [0, 0.05) is 39.0 Å². The van der Waals surface area contributed by atoms with Gasteiger partial charge in [-0.3, -0.25) is 14.5 Å². The van der Waals surface area contributed by atoms with Crippen molar-refractivity contribution in [1.82, 2.24) is 15.1 Å². The first kappa shape index (κ1) is 12.5. The molecule has 17 heavy (non-hydrogen) atoms. The molecule has 0 radical (unpaired) electrons. The lowest BCUT2D eigenvalue weighted by Crippen LogP contribution is -2.45. The Morgan fingerprint density at radius 2 is 1.88 bits per heavy atom. The van der Waals surface area contributed by atoms with E-state index in [1.807, 2.05) is 4.90 Å². The summed E-state index contributed by atoms with van der Waals surface area (Å²) in [5.41, 5.74) is 0. The van der Waals surface area contributed by atoms with Gasteiger partial charge in [-0.25, -0.2) is 0 Å². The van der Waals surface area contributed by atoms with Crippen LogP contribution in [0.15, 0.2) is 0 Å². The van der Waals surface area contributed by atoms with E-state index in [1.54, 1.807) is 0 Å². The second-order valence-corrected chi connectivity index (χ2v) is 4.80. The molecule has 0 aliphatic carbocycles. The van der Waals surface area contributed by atoms with Crippen molar-refractivity contribution in [2.75, 3.05) is 45.8 Å². The molecule has 2 heterocycles. The lowest BCUT2D eigenvalue weighted by atomic mass is 10.1. The topological polar surface area (TPSA) is 52.7 Å².